The number of hydrogen-bond donors (Lipinski definition) is 1. The Labute approximate surface area is 181 Å². The molecule has 1 amide bonds. The molecule has 3 aromatic carbocycles. The summed E-state index contributed by atoms with van der Waals surface area (Å²) in [5.41, 5.74) is 3.68. The number of amides is 1. The largest absolute Gasteiger partial charge is 0.464 e. The summed E-state index contributed by atoms with van der Waals surface area (Å²) in [5, 5.41) is 5.95. The quantitative estimate of drug-likeness (QED) is 0.419. The first-order chi connectivity index (χ1) is 15.0. The lowest BCUT2D eigenvalue weighted by Crippen LogP contribution is -2.32. The molecule has 0 spiro atoms. The Morgan fingerprint density at radius 3 is 2.58 bits per heavy atom. The van der Waals surface area contributed by atoms with Gasteiger partial charge in [0.2, 0.25) is 0 Å². The molecule has 4 aromatic rings. The van der Waals surface area contributed by atoms with E-state index in [-0.39, 0.29) is 25.0 Å². The molecule has 1 atom stereocenters. The maximum atomic E-state index is 12.4. The molecule has 31 heavy (non-hydrogen) atoms. The van der Waals surface area contributed by atoms with Gasteiger partial charge in [-0.2, -0.15) is 0 Å². The van der Waals surface area contributed by atoms with Crippen LogP contribution in [-0.4, -0.2) is 18.5 Å². The van der Waals surface area contributed by atoms with Gasteiger partial charge in [0.25, 0.3) is 5.91 Å². The zero-order chi connectivity index (χ0) is 21.8. The van der Waals surface area contributed by atoms with Crippen molar-refractivity contribution in [2.75, 3.05) is 6.61 Å². The number of esters is 1. The molecule has 5 heteroatoms. The summed E-state index contributed by atoms with van der Waals surface area (Å²) in [6.07, 6.45) is 2.38. The van der Waals surface area contributed by atoms with E-state index in [1.165, 1.54) is 5.56 Å². The summed E-state index contributed by atoms with van der Waals surface area (Å²) in [7, 11) is 0. The van der Waals surface area contributed by atoms with Gasteiger partial charge in [0.05, 0.1) is 18.7 Å². The van der Waals surface area contributed by atoms with Crippen molar-refractivity contribution in [3.05, 3.63) is 83.6 Å². The topological polar surface area (TPSA) is 68.5 Å². The van der Waals surface area contributed by atoms with Gasteiger partial charge >= 0.3 is 5.97 Å². The summed E-state index contributed by atoms with van der Waals surface area (Å²) < 4.78 is 10.9. The van der Waals surface area contributed by atoms with Crippen molar-refractivity contribution in [3.8, 4) is 0 Å². The standard InChI is InChI=1S/C26H25NO4/c1-3-22(19-10-8-17(2)9-11-19)27-24(28)16-31-25(29)14-20-15-30-23-13-12-18-6-4-5-7-21(18)26(20)23/h4-13,15,22H,3,14,16H2,1-2H3,(H,27,28)/t22-/m0/s1. The second-order valence-electron chi connectivity index (χ2n) is 7.70. The number of rotatable bonds is 7. The molecule has 0 aliphatic carbocycles. The Morgan fingerprint density at radius 1 is 1.03 bits per heavy atom. The zero-order valence-corrected chi connectivity index (χ0v) is 17.7. The van der Waals surface area contributed by atoms with E-state index in [4.69, 9.17) is 9.15 Å². The van der Waals surface area contributed by atoms with E-state index in [2.05, 4.69) is 5.32 Å². The predicted octanol–water partition coefficient (Wildman–Crippen LogP) is 5.25. The van der Waals surface area contributed by atoms with Gasteiger partial charge < -0.3 is 14.5 Å². The van der Waals surface area contributed by atoms with E-state index in [1.54, 1.807) is 6.26 Å². The molecule has 5 nitrogen and oxygen atoms in total. The van der Waals surface area contributed by atoms with Crippen LogP contribution in [0.25, 0.3) is 21.7 Å². The number of furan rings is 1. The van der Waals surface area contributed by atoms with E-state index in [9.17, 15) is 9.59 Å². The number of benzene rings is 3. The maximum Gasteiger partial charge on any atom is 0.310 e. The molecule has 4 rings (SSSR count). The molecule has 0 bridgehead atoms. The number of carbonyl (C=O) groups excluding carboxylic acids is 2. The van der Waals surface area contributed by atoms with Crippen LogP contribution >= 0.6 is 0 Å². The summed E-state index contributed by atoms with van der Waals surface area (Å²) in [6, 6.07) is 19.8. The first-order valence-electron chi connectivity index (χ1n) is 10.4. The van der Waals surface area contributed by atoms with Crippen LogP contribution in [0.15, 0.2) is 71.3 Å². The number of carbonyl (C=O) groups is 2. The van der Waals surface area contributed by atoms with Crippen LogP contribution in [0.2, 0.25) is 0 Å². The number of nitrogens with one attached hydrogen (secondary N) is 1. The molecule has 1 heterocycles. The summed E-state index contributed by atoms with van der Waals surface area (Å²) >= 11 is 0. The average Bonchev–Trinajstić information content (AvgIpc) is 3.20. The third kappa shape index (κ3) is 4.61. The van der Waals surface area contributed by atoms with Crippen molar-refractivity contribution in [3.63, 3.8) is 0 Å². The highest BCUT2D eigenvalue weighted by molar-refractivity contribution is 6.08. The molecule has 158 valence electrons. The van der Waals surface area contributed by atoms with Crippen molar-refractivity contribution in [2.45, 2.75) is 32.7 Å². The smallest absolute Gasteiger partial charge is 0.310 e. The predicted molar refractivity (Wildman–Crippen MR) is 121 cm³/mol. The van der Waals surface area contributed by atoms with Crippen LogP contribution in [-0.2, 0) is 20.7 Å². The highest BCUT2D eigenvalue weighted by Crippen LogP contribution is 2.30. The van der Waals surface area contributed by atoms with Gasteiger partial charge in [0, 0.05) is 10.9 Å². The Balaban J connectivity index is 1.38. The molecule has 0 saturated heterocycles. The third-order valence-corrected chi connectivity index (χ3v) is 5.46. The maximum absolute atomic E-state index is 12.4. The van der Waals surface area contributed by atoms with Crippen LogP contribution in [0.3, 0.4) is 0 Å². The monoisotopic (exact) mass is 415 g/mol. The summed E-state index contributed by atoms with van der Waals surface area (Å²) in [4.78, 5) is 24.8. The Kier molecular flexibility index (Phi) is 6.03. The van der Waals surface area contributed by atoms with Crippen LogP contribution in [0, 0.1) is 6.92 Å². The van der Waals surface area contributed by atoms with Crippen LogP contribution in [0.5, 0.6) is 0 Å². The number of hydrogen-bond acceptors (Lipinski definition) is 4. The van der Waals surface area contributed by atoms with E-state index < -0.39 is 5.97 Å². The van der Waals surface area contributed by atoms with Crippen molar-refractivity contribution in [1.82, 2.24) is 5.32 Å². The molecule has 0 fully saturated rings. The zero-order valence-electron chi connectivity index (χ0n) is 17.7. The fourth-order valence-electron chi connectivity index (χ4n) is 3.81. The summed E-state index contributed by atoms with van der Waals surface area (Å²) in [5.74, 6) is -0.780. The lowest BCUT2D eigenvalue weighted by atomic mass is 10.0. The minimum Gasteiger partial charge on any atom is -0.464 e. The molecule has 0 saturated carbocycles. The van der Waals surface area contributed by atoms with Crippen molar-refractivity contribution >= 4 is 33.6 Å². The molecule has 1 N–H and O–H groups in total. The Bertz CT molecular complexity index is 1220. The minimum absolute atomic E-state index is 0.0451. The van der Waals surface area contributed by atoms with Gasteiger partial charge in [-0.15, -0.1) is 0 Å². The van der Waals surface area contributed by atoms with E-state index >= 15 is 0 Å². The number of ether oxygens (including phenoxy) is 1. The van der Waals surface area contributed by atoms with Gasteiger partial charge in [-0.25, -0.2) is 0 Å². The second kappa shape index (κ2) is 9.04. The number of fused-ring (bicyclic) bond motifs is 3. The van der Waals surface area contributed by atoms with E-state index in [0.29, 0.717) is 0 Å². The SMILES string of the molecule is CC[C@H](NC(=O)COC(=O)Cc1coc2ccc3ccccc3c12)c1ccc(C)cc1. The lowest BCUT2D eigenvalue weighted by molar-refractivity contribution is -0.148. The molecule has 0 aliphatic heterocycles. The third-order valence-electron chi connectivity index (χ3n) is 5.46. The van der Waals surface area contributed by atoms with Crippen molar-refractivity contribution < 1.29 is 18.7 Å². The highest BCUT2D eigenvalue weighted by atomic mass is 16.5. The Hall–Kier alpha value is -3.60. The lowest BCUT2D eigenvalue weighted by Gasteiger charge is -2.17. The fourth-order valence-corrected chi connectivity index (χ4v) is 3.81. The molecule has 1 aromatic heterocycles. The van der Waals surface area contributed by atoms with Gasteiger partial charge in [-0.05, 0) is 35.7 Å². The fraction of sp³-hybridized carbons (Fsp3) is 0.231. The normalized spacial score (nSPS) is 12.1. The Morgan fingerprint density at radius 2 is 1.81 bits per heavy atom. The van der Waals surface area contributed by atoms with Gasteiger partial charge in [-0.1, -0.05) is 67.1 Å². The highest BCUT2D eigenvalue weighted by Gasteiger charge is 2.17. The minimum atomic E-state index is -0.464. The molecule has 0 unspecified atom stereocenters. The van der Waals surface area contributed by atoms with Crippen LogP contribution < -0.4 is 5.32 Å². The molecule has 0 aliphatic rings. The van der Waals surface area contributed by atoms with E-state index in [0.717, 1.165) is 39.3 Å². The van der Waals surface area contributed by atoms with Crippen molar-refractivity contribution in [2.24, 2.45) is 0 Å². The molecular weight excluding hydrogens is 390 g/mol. The van der Waals surface area contributed by atoms with Gasteiger partial charge in [0.1, 0.15) is 5.58 Å². The van der Waals surface area contributed by atoms with Gasteiger partial charge in [0.15, 0.2) is 6.61 Å². The second-order valence-corrected chi connectivity index (χ2v) is 7.70. The van der Waals surface area contributed by atoms with Crippen LogP contribution in [0.1, 0.15) is 36.1 Å². The molecular formula is C26H25NO4. The first kappa shape index (κ1) is 20.7. The average molecular weight is 415 g/mol. The summed E-state index contributed by atoms with van der Waals surface area (Å²) in [6.45, 7) is 3.72. The van der Waals surface area contributed by atoms with E-state index in [1.807, 2.05) is 74.5 Å². The van der Waals surface area contributed by atoms with Crippen LogP contribution in [0.4, 0.5) is 0 Å². The molecule has 0 radical (unpaired) electrons. The number of aryl methyl sites for hydroxylation is 1. The van der Waals surface area contributed by atoms with Gasteiger partial charge in [-0.3, -0.25) is 9.59 Å². The first-order valence-corrected chi connectivity index (χ1v) is 10.4. The van der Waals surface area contributed by atoms with Crippen molar-refractivity contribution in [1.29, 1.82) is 0 Å².